The summed E-state index contributed by atoms with van der Waals surface area (Å²) in [5, 5.41) is 13.8. The van der Waals surface area contributed by atoms with Gasteiger partial charge in [-0.1, -0.05) is 6.07 Å². The molecule has 0 aliphatic heterocycles. The van der Waals surface area contributed by atoms with Crippen LogP contribution in [0.2, 0.25) is 0 Å². The number of aromatic nitrogens is 2. The SMILES string of the molecule is CN(C)c1cccc(Nc2nc(N)ncc2[N+](=O)[O-])c1. The zero-order valence-electron chi connectivity index (χ0n) is 11.1. The van der Waals surface area contributed by atoms with Gasteiger partial charge in [0.05, 0.1) is 4.92 Å². The Hall–Kier alpha value is -2.90. The molecule has 20 heavy (non-hydrogen) atoms. The van der Waals surface area contributed by atoms with E-state index in [1.165, 1.54) is 0 Å². The highest BCUT2D eigenvalue weighted by Crippen LogP contribution is 2.26. The van der Waals surface area contributed by atoms with Crippen LogP contribution in [0.25, 0.3) is 0 Å². The fraction of sp³-hybridized carbons (Fsp3) is 0.167. The van der Waals surface area contributed by atoms with E-state index in [4.69, 9.17) is 5.73 Å². The largest absolute Gasteiger partial charge is 0.378 e. The molecule has 2 aromatic rings. The van der Waals surface area contributed by atoms with Gasteiger partial charge in [0, 0.05) is 25.5 Å². The van der Waals surface area contributed by atoms with Crippen LogP contribution in [0.1, 0.15) is 0 Å². The van der Waals surface area contributed by atoms with Gasteiger partial charge in [0.15, 0.2) is 0 Å². The molecule has 1 heterocycles. The third-order valence-corrected chi connectivity index (χ3v) is 2.61. The van der Waals surface area contributed by atoms with Gasteiger partial charge in [-0.05, 0) is 18.2 Å². The van der Waals surface area contributed by atoms with Crippen molar-refractivity contribution in [2.24, 2.45) is 0 Å². The number of hydrogen-bond donors (Lipinski definition) is 2. The minimum absolute atomic E-state index is 0.0261. The first kappa shape index (κ1) is 13.5. The summed E-state index contributed by atoms with van der Waals surface area (Å²) in [5.74, 6) is 0.0419. The number of hydrogen-bond acceptors (Lipinski definition) is 7. The van der Waals surface area contributed by atoms with Crippen LogP contribution in [0.5, 0.6) is 0 Å². The predicted octanol–water partition coefficient (Wildman–Crippen LogP) is 1.78. The van der Waals surface area contributed by atoms with Crippen molar-refractivity contribution in [3.8, 4) is 0 Å². The first-order valence-corrected chi connectivity index (χ1v) is 5.78. The van der Waals surface area contributed by atoms with E-state index in [9.17, 15) is 10.1 Å². The lowest BCUT2D eigenvalue weighted by Gasteiger charge is -2.14. The zero-order valence-corrected chi connectivity index (χ0v) is 11.1. The van der Waals surface area contributed by atoms with Gasteiger partial charge in [0.1, 0.15) is 6.20 Å². The van der Waals surface area contributed by atoms with E-state index in [-0.39, 0.29) is 17.5 Å². The minimum atomic E-state index is -0.558. The molecule has 0 unspecified atom stereocenters. The lowest BCUT2D eigenvalue weighted by molar-refractivity contribution is -0.384. The summed E-state index contributed by atoms with van der Waals surface area (Å²) in [6, 6.07) is 7.40. The van der Waals surface area contributed by atoms with Crippen LogP contribution < -0.4 is 16.0 Å². The number of nitro groups is 1. The summed E-state index contributed by atoms with van der Waals surface area (Å²) in [6.45, 7) is 0. The van der Waals surface area contributed by atoms with Crippen LogP contribution >= 0.6 is 0 Å². The number of nitrogens with one attached hydrogen (secondary N) is 1. The monoisotopic (exact) mass is 274 g/mol. The summed E-state index contributed by atoms with van der Waals surface area (Å²) in [5.41, 5.74) is 6.88. The van der Waals surface area contributed by atoms with Gasteiger partial charge in [-0.3, -0.25) is 10.1 Å². The van der Waals surface area contributed by atoms with Crippen molar-refractivity contribution < 1.29 is 4.92 Å². The van der Waals surface area contributed by atoms with Crippen molar-refractivity contribution in [2.75, 3.05) is 30.0 Å². The van der Waals surface area contributed by atoms with Gasteiger partial charge in [0.2, 0.25) is 11.8 Å². The molecule has 0 aliphatic rings. The average molecular weight is 274 g/mol. The van der Waals surface area contributed by atoms with Crippen LogP contribution in [0.3, 0.4) is 0 Å². The van der Waals surface area contributed by atoms with Crippen molar-refractivity contribution in [1.82, 2.24) is 9.97 Å². The Labute approximate surface area is 115 Å². The number of nitrogens with two attached hydrogens (primary N) is 1. The summed E-state index contributed by atoms with van der Waals surface area (Å²) in [7, 11) is 3.81. The third kappa shape index (κ3) is 2.91. The fourth-order valence-corrected chi connectivity index (χ4v) is 1.61. The van der Waals surface area contributed by atoms with Crippen molar-refractivity contribution in [1.29, 1.82) is 0 Å². The van der Waals surface area contributed by atoms with E-state index in [0.29, 0.717) is 5.69 Å². The molecule has 0 saturated heterocycles. The van der Waals surface area contributed by atoms with Crippen molar-refractivity contribution in [3.05, 3.63) is 40.6 Å². The van der Waals surface area contributed by atoms with Gasteiger partial charge >= 0.3 is 5.69 Å². The number of benzene rings is 1. The van der Waals surface area contributed by atoms with E-state index in [0.717, 1.165) is 11.9 Å². The van der Waals surface area contributed by atoms with Gasteiger partial charge < -0.3 is 16.0 Å². The maximum atomic E-state index is 10.9. The van der Waals surface area contributed by atoms with Gasteiger partial charge in [-0.2, -0.15) is 4.98 Å². The molecule has 104 valence electrons. The Morgan fingerprint density at radius 2 is 2.15 bits per heavy atom. The number of rotatable bonds is 4. The van der Waals surface area contributed by atoms with Crippen molar-refractivity contribution >= 4 is 28.8 Å². The molecule has 0 atom stereocenters. The molecule has 2 rings (SSSR count). The molecule has 0 saturated carbocycles. The normalized spacial score (nSPS) is 10.1. The smallest absolute Gasteiger partial charge is 0.329 e. The Morgan fingerprint density at radius 1 is 1.40 bits per heavy atom. The molecular weight excluding hydrogens is 260 g/mol. The van der Waals surface area contributed by atoms with E-state index >= 15 is 0 Å². The maximum absolute atomic E-state index is 10.9. The van der Waals surface area contributed by atoms with Crippen LogP contribution in [-0.4, -0.2) is 29.0 Å². The highest BCUT2D eigenvalue weighted by atomic mass is 16.6. The summed E-state index contributed by atoms with van der Waals surface area (Å²) in [6.07, 6.45) is 1.08. The lowest BCUT2D eigenvalue weighted by Crippen LogP contribution is -2.09. The number of nitrogens with zero attached hydrogens (tertiary/aromatic N) is 4. The summed E-state index contributed by atoms with van der Waals surface area (Å²) >= 11 is 0. The fourth-order valence-electron chi connectivity index (χ4n) is 1.61. The van der Waals surface area contributed by atoms with Crippen LogP contribution in [-0.2, 0) is 0 Å². The second-order valence-electron chi connectivity index (χ2n) is 4.29. The molecule has 0 spiro atoms. The van der Waals surface area contributed by atoms with Crippen LogP contribution in [0, 0.1) is 10.1 Å². The van der Waals surface area contributed by atoms with Gasteiger partial charge in [-0.15, -0.1) is 0 Å². The average Bonchev–Trinajstić information content (AvgIpc) is 2.38. The van der Waals surface area contributed by atoms with Gasteiger partial charge in [-0.25, -0.2) is 4.98 Å². The quantitative estimate of drug-likeness (QED) is 0.645. The lowest BCUT2D eigenvalue weighted by atomic mass is 10.2. The highest BCUT2D eigenvalue weighted by Gasteiger charge is 2.16. The van der Waals surface area contributed by atoms with E-state index < -0.39 is 4.92 Å². The van der Waals surface area contributed by atoms with Crippen LogP contribution in [0.15, 0.2) is 30.5 Å². The second-order valence-corrected chi connectivity index (χ2v) is 4.29. The third-order valence-electron chi connectivity index (χ3n) is 2.61. The molecule has 8 heteroatoms. The van der Waals surface area contributed by atoms with Crippen molar-refractivity contribution in [3.63, 3.8) is 0 Å². The Kier molecular flexibility index (Phi) is 3.65. The van der Waals surface area contributed by atoms with Crippen molar-refractivity contribution in [2.45, 2.75) is 0 Å². The van der Waals surface area contributed by atoms with E-state index in [2.05, 4.69) is 15.3 Å². The second kappa shape index (κ2) is 5.39. The summed E-state index contributed by atoms with van der Waals surface area (Å²) < 4.78 is 0. The first-order chi connectivity index (χ1) is 9.47. The molecule has 0 bridgehead atoms. The standard InChI is InChI=1S/C12H14N6O2/c1-17(2)9-5-3-4-8(6-9)15-11-10(18(19)20)7-14-12(13)16-11/h3-7H,1-2H3,(H3,13,14,15,16). The predicted molar refractivity (Wildman–Crippen MR) is 77.2 cm³/mol. The number of anilines is 4. The Bertz CT molecular complexity index is 644. The molecule has 8 nitrogen and oxygen atoms in total. The highest BCUT2D eigenvalue weighted by molar-refractivity contribution is 5.68. The topological polar surface area (TPSA) is 110 Å². The number of nitrogen functional groups attached to an aromatic ring is 1. The molecule has 1 aromatic heterocycles. The zero-order chi connectivity index (χ0) is 14.7. The molecule has 0 fully saturated rings. The van der Waals surface area contributed by atoms with Crippen LogP contribution in [0.4, 0.5) is 28.8 Å². The minimum Gasteiger partial charge on any atom is -0.378 e. The Balaban J connectivity index is 2.36. The molecular formula is C12H14N6O2. The molecule has 0 radical (unpaired) electrons. The Morgan fingerprint density at radius 3 is 2.80 bits per heavy atom. The molecule has 3 N–H and O–H groups in total. The molecule has 0 amide bonds. The van der Waals surface area contributed by atoms with E-state index in [1.807, 2.05) is 37.2 Å². The van der Waals surface area contributed by atoms with Gasteiger partial charge in [0.25, 0.3) is 0 Å². The molecule has 1 aromatic carbocycles. The maximum Gasteiger partial charge on any atom is 0.329 e. The first-order valence-electron chi connectivity index (χ1n) is 5.78. The molecule has 0 aliphatic carbocycles. The van der Waals surface area contributed by atoms with E-state index in [1.54, 1.807) is 6.07 Å². The summed E-state index contributed by atoms with van der Waals surface area (Å²) in [4.78, 5) is 19.8.